The van der Waals surface area contributed by atoms with Crippen LogP contribution in [0.5, 0.6) is 0 Å². The summed E-state index contributed by atoms with van der Waals surface area (Å²) in [6.45, 7) is 0. The van der Waals surface area contributed by atoms with E-state index >= 15 is 0 Å². The predicted molar refractivity (Wildman–Crippen MR) is 64.6 cm³/mol. The lowest BCUT2D eigenvalue weighted by atomic mass is 10.1. The van der Waals surface area contributed by atoms with Crippen molar-refractivity contribution in [1.82, 2.24) is 0 Å². The number of allylic oxidation sites excluding steroid dienone is 4. The summed E-state index contributed by atoms with van der Waals surface area (Å²) in [4.78, 5) is 4.38. The van der Waals surface area contributed by atoms with Gasteiger partial charge >= 0.3 is 0 Å². The Labute approximate surface area is 93.1 Å². The van der Waals surface area contributed by atoms with Crippen LogP contribution in [0.3, 0.4) is 0 Å². The van der Waals surface area contributed by atoms with E-state index in [4.69, 9.17) is 17.0 Å². The van der Waals surface area contributed by atoms with Crippen molar-refractivity contribution in [3.63, 3.8) is 0 Å². The van der Waals surface area contributed by atoms with Crippen molar-refractivity contribution < 1.29 is 0 Å². The van der Waals surface area contributed by atoms with Gasteiger partial charge in [0.1, 0.15) is 0 Å². The average molecular weight is 217 g/mol. The first-order chi connectivity index (χ1) is 7.24. The van der Waals surface area contributed by atoms with E-state index in [-0.39, 0.29) is 0 Å². The molecule has 0 unspecified atom stereocenters. The van der Waals surface area contributed by atoms with E-state index in [0.717, 1.165) is 11.4 Å². The number of halogens is 1. The van der Waals surface area contributed by atoms with Crippen molar-refractivity contribution in [3.8, 4) is 0 Å². The van der Waals surface area contributed by atoms with Crippen molar-refractivity contribution >= 4 is 28.7 Å². The molecule has 74 valence electrons. The fraction of sp³-hybridized carbons (Fsp3) is 0. The number of rotatable bonds is 1. The zero-order valence-corrected chi connectivity index (χ0v) is 8.70. The van der Waals surface area contributed by atoms with Gasteiger partial charge in [-0.1, -0.05) is 11.6 Å². The molecule has 1 aliphatic rings. The Morgan fingerprint density at radius 1 is 0.933 bits per heavy atom. The van der Waals surface area contributed by atoms with Crippen molar-refractivity contribution in [1.29, 1.82) is 5.41 Å². The molecule has 1 aliphatic carbocycles. The van der Waals surface area contributed by atoms with Gasteiger partial charge in [0.25, 0.3) is 0 Å². The second kappa shape index (κ2) is 4.24. The highest BCUT2D eigenvalue weighted by molar-refractivity contribution is 6.30. The fourth-order valence-corrected chi connectivity index (χ4v) is 1.33. The maximum atomic E-state index is 7.34. The van der Waals surface area contributed by atoms with Gasteiger partial charge in [0.05, 0.1) is 17.1 Å². The van der Waals surface area contributed by atoms with Gasteiger partial charge in [-0.2, -0.15) is 0 Å². The predicted octanol–water partition coefficient (Wildman–Crippen LogP) is 3.56. The summed E-state index contributed by atoms with van der Waals surface area (Å²) in [6.07, 6.45) is 7.07. The lowest BCUT2D eigenvalue weighted by Gasteiger charge is -2.00. The Hall–Kier alpha value is -1.67. The largest absolute Gasteiger partial charge is 0.301 e. The van der Waals surface area contributed by atoms with Crippen LogP contribution in [0.1, 0.15) is 0 Å². The number of hydrogen-bond acceptors (Lipinski definition) is 2. The minimum absolute atomic E-state index is 0.491. The average Bonchev–Trinajstić information content (AvgIpc) is 2.25. The SMILES string of the molecule is N=C1C=CC(=Nc2ccc(Cl)cc2)C=C1. The number of hydrogen-bond donors (Lipinski definition) is 1. The molecule has 0 aliphatic heterocycles. The molecule has 0 fully saturated rings. The van der Waals surface area contributed by atoms with Crippen LogP contribution in [0, 0.1) is 5.41 Å². The first-order valence-electron chi connectivity index (χ1n) is 4.53. The molecule has 1 aromatic carbocycles. The molecule has 0 atom stereocenters. The Bertz CT molecular complexity index is 449. The standard InChI is InChI=1S/C12H9ClN2/c13-9-1-5-11(6-2-9)15-12-7-3-10(14)4-8-12/h1-8,14H. The van der Waals surface area contributed by atoms with Crippen LogP contribution in [0.4, 0.5) is 5.69 Å². The minimum Gasteiger partial charge on any atom is -0.301 e. The number of nitrogens with zero attached hydrogens (tertiary/aromatic N) is 1. The van der Waals surface area contributed by atoms with Crippen LogP contribution < -0.4 is 0 Å². The normalized spacial score (nSPS) is 14.5. The topological polar surface area (TPSA) is 36.2 Å². The van der Waals surface area contributed by atoms with Gasteiger partial charge in [-0.15, -0.1) is 0 Å². The van der Waals surface area contributed by atoms with Crippen molar-refractivity contribution in [3.05, 3.63) is 53.6 Å². The first kappa shape index (κ1) is 9.87. The van der Waals surface area contributed by atoms with Crippen LogP contribution in [0.2, 0.25) is 5.02 Å². The lowest BCUT2D eigenvalue weighted by Crippen LogP contribution is -1.97. The second-order valence-corrected chi connectivity index (χ2v) is 3.57. The van der Waals surface area contributed by atoms with Crippen LogP contribution in [-0.2, 0) is 0 Å². The molecule has 1 N–H and O–H groups in total. The molecule has 2 nitrogen and oxygen atoms in total. The van der Waals surface area contributed by atoms with Crippen LogP contribution in [0.15, 0.2) is 53.6 Å². The third-order valence-corrected chi connectivity index (χ3v) is 2.20. The highest BCUT2D eigenvalue weighted by Gasteiger charge is 1.97. The maximum Gasteiger partial charge on any atom is 0.0638 e. The summed E-state index contributed by atoms with van der Waals surface area (Å²) >= 11 is 5.77. The molecule has 0 bridgehead atoms. The van der Waals surface area contributed by atoms with Gasteiger partial charge < -0.3 is 5.41 Å². The minimum atomic E-state index is 0.491. The first-order valence-corrected chi connectivity index (χ1v) is 4.91. The van der Waals surface area contributed by atoms with E-state index in [0.29, 0.717) is 10.7 Å². The third-order valence-electron chi connectivity index (χ3n) is 1.95. The summed E-state index contributed by atoms with van der Waals surface area (Å²) in [5.41, 5.74) is 2.19. The van der Waals surface area contributed by atoms with Gasteiger partial charge in [-0.25, -0.2) is 4.99 Å². The van der Waals surface area contributed by atoms with Gasteiger partial charge in [0.15, 0.2) is 0 Å². The lowest BCUT2D eigenvalue weighted by molar-refractivity contribution is 1.50. The zero-order chi connectivity index (χ0) is 10.7. The van der Waals surface area contributed by atoms with Crippen molar-refractivity contribution in [2.75, 3.05) is 0 Å². The van der Waals surface area contributed by atoms with E-state index in [1.807, 2.05) is 24.3 Å². The van der Waals surface area contributed by atoms with Gasteiger partial charge in [-0.05, 0) is 48.6 Å². The van der Waals surface area contributed by atoms with E-state index in [9.17, 15) is 0 Å². The molecule has 0 amide bonds. The highest BCUT2D eigenvalue weighted by atomic mass is 35.5. The van der Waals surface area contributed by atoms with Gasteiger partial charge in [0.2, 0.25) is 0 Å². The molecule has 3 heteroatoms. The summed E-state index contributed by atoms with van der Waals surface area (Å²) in [5.74, 6) is 0. The summed E-state index contributed by atoms with van der Waals surface area (Å²) in [6, 6.07) is 7.33. The van der Waals surface area contributed by atoms with Gasteiger partial charge in [-0.3, -0.25) is 0 Å². The number of nitrogens with one attached hydrogen (secondary N) is 1. The molecule has 0 heterocycles. The van der Waals surface area contributed by atoms with Gasteiger partial charge in [0, 0.05) is 5.02 Å². The van der Waals surface area contributed by atoms with Crippen LogP contribution in [0.25, 0.3) is 0 Å². The quantitative estimate of drug-likeness (QED) is 0.697. The summed E-state index contributed by atoms with van der Waals surface area (Å²) in [5, 5.41) is 8.04. The monoisotopic (exact) mass is 216 g/mol. The second-order valence-electron chi connectivity index (χ2n) is 3.14. The highest BCUT2D eigenvalue weighted by Crippen LogP contribution is 2.17. The Balaban J connectivity index is 2.24. The zero-order valence-electron chi connectivity index (χ0n) is 7.94. The number of benzene rings is 1. The molecule has 0 saturated carbocycles. The molecule has 0 spiro atoms. The smallest absolute Gasteiger partial charge is 0.0638 e. The Morgan fingerprint density at radius 3 is 2.13 bits per heavy atom. The van der Waals surface area contributed by atoms with E-state index < -0.39 is 0 Å². The van der Waals surface area contributed by atoms with E-state index in [1.165, 1.54) is 0 Å². The summed E-state index contributed by atoms with van der Waals surface area (Å²) < 4.78 is 0. The molecular formula is C12H9ClN2. The van der Waals surface area contributed by atoms with E-state index in [1.54, 1.807) is 24.3 Å². The molecular weight excluding hydrogens is 208 g/mol. The van der Waals surface area contributed by atoms with Crippen molar-refractivity contribution in [2.24, 2.45) is 4.99 Å². The molecule has 0 radical (unpaired) electrons. The maximum absolute atomic E-state index is 7.34. The number of aliphatic imine (C=N–C) groups is 1. The van der Waals surface area contributed by atoms with Crippen LogP contribution >= 0.6 is 11.6 Å². The fourth-order valence-electron chi connectivity index (χ4n) is 1.20. The Kier molecular flexibility index (Phi) is 2.79. The van der Waals surface area contributed by atoms with Crippen LogP contribution in [-0.4, -0.2) is 11.4 Å². The Morgan fingerprint density at radius 2 is 1.53 bits per heavy atom. The molecule has 0 saturated heterocycles. The van der Waals surface area contributed by atoms with E-state index in [2.05, 4.69) is 4.99 Å². The molecule has 1 aromatic rings. The van der Waals surface area contributed by atoms with Crippen molar-refractivity contribution in [2.45, 2.75) is 0 Å². The third kappa shape index (κ3) is 2.64. The summed E-state index contributed by atoms with van der Waals surface area (Å²) in [7, 11) is 0. The molecule has 15 heavy (non-hydrogen) atoms. The molecule has 0 aromatic heterocycles. The molecule has 2 rings (SSSR count).